The second-order valence-electron chi connectivity index (χ2n) is 7.47. The lowest BCUT2D eigenvalue weighted by Crippen LogP contribution is -2.40. The van der Waals surface area contributed by atoms with Gasteiger partial charge in [0, 0.05) is 29.6 Å². The van der Waals surface area contributed by atoms with Crippen LogP contribution in [0, 0.1) is 6.92 Å². The van der Waals surface area contributed by atoms with Crippen molar-refractivity contribution in [2.75, 3.05) is 6.54 Å². The molecule has 0 radical (unpaired) electrons. The number of amides is 1. The smallest absolute Gasteiger partial charge is 0.255 e. The fourth-order valence-corrected chi connectivity index (χ4v) is 5.38. The maximum absolute atomic E-state index is 12.8. The van der Waals surface area contributed by atoms with Gasteiger partial charge in [-0.3, -0.25) is 9.59 Å². The van der Waals surface area contributed by atoms with Crippen LogP contribution in [-0.4, -0.2) is 40.4 Å². The average molecular weight is 426 g/mol. The summed E-state index contributed by atoms with van der Waals surface area (Å²) < 4.78 is 0. The molecule has 0 saturated carbocycles. The van der Waals surface area contributed by atoms with Crippen molar-refractivity contribution < 1.29 is 14.7 Å². The van der Waals surface area contributed by atoms with E-state index in [0.717, 1.165) is 5.56 Å². The molecule has 150 valence electrons. The second-order valence-corrected chi connectivity index (χ2v) is 9.17. The highest BCUT2D eigenvalue weighted by molar-refractivity contribution is 7.13. The summed E-state index contributed by atoms with van der Waals surface area (Å²) in [5, 5.41) is 15.8. The Balaban J connectivity index is 1.39. The van der Waals surface area contributed by atoms with Crippen LogP contribution >= 0.6 is 22.7 Å². The first-order valence-electron chi connectivity index (χ1n) is 9.70. The molecule has 1 fully saturated rings. The van der Waals surface area contributed by atoms with Gasteiger partial charge in [0.2, 0.25) is 0 Å². The number of aryl methyl sites for hydroxylation is 2. The summed E-state index contributed by atoms with van der Waals surface area (Å²) in [6.07, 6.45) is 0.683. The van der Waals surface area contributed by atoms with Crippen molar-refractivity contribution in [3.05, 3.63) is 69.2 Å². The monoisotopic (exact) mass is 425 g/mol. The molecule has 0 aliphatic carbocycles. The van der Waals surface area contributed by atoms with E-state index in [1.54, 1.807) is 22.8 Å². The Kier molecular flexibility index (Phi) is 5.94. The Morgan fingerprint density at radius 2 is 1.93 bits per heavy atom. The van der Waals surface area contributed by atoms with Crippen molar-refractivity contribution in [2.45, 2.75) is 38.3 Å². The molecule has 2 aromatic heterocycles. The fourth-order valence-electron chi connectivity index (χ4n) is 3.82. The average Bonchev–Trinajstić information content (AvgIpc) is 3.47. The van der Waals surface area contributed by atoms with Gasteiger partial charge in [-0.1, -0.05) is 24.3 Å². The van der Waals surface area contributed by atoms with Crippen LogP contribution in [0.4, 0.5) is 0 Å². The van der Waals surface area contributed by atoms with Gasteiger partial charge in [0.05, 0.1) is 17.7 Å². The van der Waals surface area contributed by atoms with Gasteiger partial charge < -0.3 is 10.0 Å². The number of Topliss-reactive ketones (excluding diaryl/α,β-unsaturated/α-hetero) is 1. The molecule has 3 aromatic rings. The topological polar surface area (TPSA) is 57.6 Å². The summed E-state index contributed by atoms with van der Waals surface area (Å²) in [5.74, 6) is -0.153. The number of aliphatic hydroxyl groups excluding tert-OH is 1. The molecule has 2 atom stereocenters. The number of hydrogen-bond acceptors (Lipinski definition) is 5. The second kappa shape index (κ2) is 8.61. The van der Waals surface area contributed by atoms with Gasteiger partial charge in [0.25, 0.3) is 5.91 Å². The van der Waals surface area contributed by atoms with Gasteiger partial charge in [0.15, 0.2) is 5.78 Å². The van der Waals surface area contributed by atoms with E-state index in [1.807, 2.05) is 5.38 Å². The molecule has 3 heterocycles. The quantitative estimate of drug-likeness (QED) is 0.630. The van der Waals surface area contributed by atoms with E-state index < -0.39 is 12.1 Å². The van der Waals surface area contributed by atoms with Crippen LogP contribution < -0.4 is 0 Å². The van der Waals surface area contributed by atoms with Crippen LogP contribution in [0.15, 0.2) is 52.5 Å². The number of β-amino-alcohol motifs (C(OH)–C–C–N with tert-alkyl or cyclic N) is 1. The summed E-state index contributed by atoms with van der Waals surface area (Å²) in [4.78, 5) is 28.3. The minimum absolute atomic E-state index is 0.0170. The number of hydrogen-bond donors (Lipinski definition) is 1. The van der Waals surface area contributed by atoms with Crippen LogP contribution in [0.5, 0.6) is 0 Å². The summed E-state index contributed by atoms with van der Waals surface area (Å²) >= 11 is 3.18. The summed E-state index contributed by atoms with van der Waals surface area (Å²) in [6, 6.07) is 11.7. The third-order valence-electron chi connectivity index (χ3n) is 5.42. The number of likely N-dealkylation sites (tertiary alicyclic amines) is 1. The fraction of sp³-hybridized carbons (Fsp3) is 0.304. The molecule has 1 N–H and O–H groups in total. The maximum atomic E-state index is 12.8. The van der Waals surface area contributed by atoms with E-state index in [9.17, 15) is 14.7 Å². The summed E-state index contributed by atoms with van der Waals surface area (Å²) in [5.41, 5.74) is 4.15. The first-order valence-corrected chi connectivity index (χ1v) is 11.5. The van der Waals surface area contributed by atoms with Crippen LogP contribution in [-0.2, 0) is 11.2 Å². The van der Waals surface area contributed by atoms with Crippen molar-refractivity contribution in [3.63, 3.8) is 0 Å². The number of carbonyl (C=O) groups is 2. The predicted octanol–water partition coefficient (Wildman–Crippen LogP) is 4.56. The number of carbonyl (C=O) groups excluding carboxylic acids is 2. The molecule has 29 heavy (non-hydrogen) atoms. The zero-order valence-corrected chi connectivity index (χ0v) is 17.8. The highest BCUT2D eigenvalue weighted by atomic mass is 32.1. The predicted molar refractivity (Wildman–Crippen MR) is 118 cm³/mol. The van der Waals surface area contributed by atoms with Crippen molar-refractivity contribution in [3.8, 4) is 10.4 Å². The number of rotatable bonds is 6. The SMILES string of the molecule is Cc1ccsc1-c1ccc(CCC(=O)[C@@H]2C[C@@H](O)CN2C(=O)c2ccsc2)cc1. The molecule has 0 spiro atoms. The van der Waals surface area contributed by atoms with E-state index in [-0.39, 0.29) is 18.2 Å². The Bertz CT molecular complexity index is 992. The molecule has 1 aliphatic heterocycles. The molecule has 1 amide bonds. The van der Waals surface area contributed by atoms with Gasteiger partial charge in [-0.05, 0) is 52.9 Å². The highest BCUT2D eigenvalue weighted by Gasteiger charge is 2.38. The van der Waals surface area contributed by atoms with E-state index >= 15 is 0 Å². The number of ketones is 1. The molecular formula is C23H23NO3S2. The van der Waals surface area contributed by atoms with E-state index in [2.05, 4.69) is 42.6 Å². The van der Waals surface area contributed by atoms with Gasteiger partial charge in [-0.25, -0.2) is 0 Å². The van der Waals surface area contributed by atoms with Crippen molar-refractivity contribution in [1.82, 2.24) is 4.90 Å². The van der Waals surface area contributed by atoms with E-state index in [1.165, 1.54) is 32.2 Å². The number of nitrogens with zero attached hydrogens (tertiary/aromatic N) is 1. The van der Waals surface area contributed by atoms with Gasteiger partial charge in [-0.2, -0.15) is 11.3 Å². The minimum Gasteiger partial charge on any atom is -0.391 e. The first-order chi connectivity index (χ1) is 14.0. The van der Waals surface area contributed by atoms with Crippen molar-refractivity contribution in [2.24, 2.45) is 0 Å². The molecule has 6 heteroatoms. The number of thiophene rings is 2. The normalized spacial score (nSPS) is 18.9. The lowest BCUT2D eigenvalue weighted by Gasteiger charge is -2.23. The van der Waals surface area contributed by atoms with E-state index in [4.69, 9.17) is 0 Å². The number of benzene rings is 1. The Hall–Kier alpha value is -2.28. The Morgan fingerprint density at radius 1 is 1.14 bits per heavy atom. The molecule has 1 aliphatic rings. The van der Waals surface area contributed by atoms with E-state index in [0.29, 0.717) is 24.8 Å². The lowest BCUT2D eigenvalue weighted by atomic mass is 10.00. The largest absolute Gasteiger partial charge is 0.391 e. The van der Waals surface area contributed by atoms with Gasteiger partial charge in [0.1, 0.15) is 0 Å². The zero-order chi connectivity index (χ0) is 20.4. The number of aliphatic hydroxyl groups is 1. The lowest BCUT2D eigenvalue weighted by molar-refractivity contribution is -0.122. The molecule has 0 unspecified atom stereocenters. The minimum atomic E-state index is -0.639. The van der Waals surface area contributed by atoms with Crippen LogP contribution in [0.25, 0.3) is 10.4 Å². The summed E-state index contributed by atoms with van der Waals surface area (Å²) in [6.45, 7) is 2.33. The maximum Gasteiger partial charge on any atom is 0.255 e. The van der Waals surface area contributed by atoms with Crippen molar-refractivity contribution >= 4 is 34.4 Å². The zero-order valence-electron chi connectivity index (χ0n) is 16.2. The standard InChI is InChI=1S/C23H23NO3S2/c1-15-8-11-29-22(15)17-5-2-16(3-6-17)4-7-21(26)20-12-19(25)13-24(20)23(27)18-9-10-28-14-18/h2-3,5-6,8-11,14,19-20,25H,4,7,12-13H2,1H3/t19-,20+/m1/s1. The summed E-state index contributed by atoms with van der Waals surface area (Å²) in [7, 11) is 0. The molecule has 4 nitrogen and oxygen atoms in total. The molecular weight excluding hydrogens is 402 g/mol. The molecule has 4 rings (SSSR count). The Morgan fingerprint density at radius 3 is 2.59 bits per heavy atom. The van der Waals surface area contributed by atoms with Gasteiger partial charge >= 0.3 is 0 Å². The van der Waals surface area contributed by atoms with Gasteiger partial charge in [-0.15, -0.1) is 11.3 Å². The van der Waals surface area contributed by atoms with Crippen LogP contribution in [0.3, 0.4) is 0 Å². The molecule has 0 bridgehead atoms. The highest BCUT2D eigenvalue weighted by Crippen LogP contribution is 2.29. The van der Waals surface area contributed by atoms with Crippen LogP contribution in [0.1, 0.15) is 34.3 Å². The van der Waals surface area contributed by atoms with Crippen LogP contribution in [0.2, 0.25) is 0 Å². The third-order valence-corrected chi connectivity index (χ3v) is 7.17. The third kappa shape index (κ3) is 4.34. The first kappa shape index (κ1) is 20.0. The molecule has 1 saturated heterocycles. The van der Waals surface area contributed by atoms with Crippen molar-refractivity contribution in [1.29, 1.82) is 0 Å². The molecule has 1 aromatic carbocycles. The Labute approximate surface area is 178 Å².